The highest BCUT2D eigenvalue weighted by molar-refractivity contribution is 5.37. The summed E-state index contributed by atoms with van der Waals surface area (Å²) in [5.41, 5.74) is 8.36. The number of nitrogens with two attached hydrogens (primary N) is 1. The second-order valence-electron chi connectivity index (χ2n) is 4.10. The van der Waals surface area contributed by atoms with Gasteiger partial charge in [0.1, 0.15) is 5.75 Å². The van der Waals surface area contributed by atoms with E-state index >= 15 is 0 Å². The minimum absolute atomic E-state index is 0.0598. The van der Waals surface area contributed by atoms with Gasteiger partial charge in [-0.25, -0.2) is 0 Å². The molecule has 0 fully saturated rings. The molecular weight excluding hydrogens is 188 g/mol. The SMILES string of the molecule is COc1ccc(C(N)CN(C)C)cc1C. The van der Waals surface area contributed by atoms with Gasteiger partial charge in [-0.05, 0) is 38.2 Å². The first-order valence-electron chi connectivity index (χ1n) is 5.09. The summed E-state index contributed by atoms with van der Waals surface area (Å²) in [6.07, 6.45) is 0. The Morgan fingerprint density at radius 1 is 1.40 bits per heavy atom. The van der Waals surface area contributed by atoms with E-state index in [1.165, 1.54) is 0 Å². The Kier molecular flexibility index (Phi) is 4.12. The van der Waals surface area contributed by atoms with E-state index in [0.29, 0.717) is 0 Å². The third-order valence-electron chi connectivity index (χ3n) is 2.41. The number of nitrogens with zero attached hydrogens (tertiary/aromatic N) is 1. The fraction of sp³-hybridized carbons (Fsp3) is 0.500. The fourth-order valence-corrected chi connectivity index (χ4v) is 1.63. The number of ether oxygens (including phenoxy) is 1. The molecule has 3 nitrogen and oxygen atoms in total. The number of hydrogen-bond donors (Lipinski definition) is 1. The number of aryl methyl sites for hydroxylation is 1. The van der Waals surface area contributed by atoms with Crippen LogP contribution in [0, 0.1) is 6.92 Å². The maximum atomic E-state index is 6.07. The second-order valence-corrected chi connectivity index (χ2v) is 4.10. The van der Waals surface area contributed by atoms with E-state index < -0.39 is 0 Å². The van der Waals surface area contributed by atoms with Crippen LogP contribution in [0.2, 0.25) is 0 Å². The zero-order valence-electron chi connectivity index (χ0n) is 9.95. The summed E-state index contributed by atoms with van der Waals surface area (Å²) in [6.45, 7) is 2.89. The van der Waals surface area contributed by atoms with Crippen molar-refractivity contribution in [1.82, 2.24) is 4.90 Å². The summed E-state index contributed by atoms with van der Waals surface area (Å²) in [7, 11) is 5.73. The van der Waals surface area contributed by atoms with Gasteiger partial charge < -0.3 is 15.4 Å². The number of hydrogen-bond acceptors (Lipinski definition) is 3. The van der Waals surface area contributed by atoms with Gasteiger partial charge in [-0.15, -0.1) is 0 Å². The van der Waals surface area contributed by atoms with Gasteiger partial charge in [-0.2, -0.15) is 0 Å². The van der Waals surface area contributed by atoms with Crippen LogP contribution in [0.4, 0.5) is 0 Å². The van der Waals surface area contributed by atoms with E-state index in [4.69, 9.17) is 10.5 Å². The summed E-state index contributed by atoms with van der Waals surface area (Å²) in [5, 5.41) is 0. The van der Waals surface area contributed by atoms with Crippen molar-refractivity contribution in [2.45, 2.75) is 13.0 Å². The van der Waals surface area contributed by atoms with E-state index in [2.05, 4.69) is 11.0 Å². The lowest BCUT2D eigenvalue weighted by Gasteiger charge is -2.18. The molecule has 1 aromatic carbocycles. The van der Waals surface area contributed by atoms with Crippen molar-refractivity contribution in [2.24, 2.45) is 5.73 Å². The van der Waals surface area contributed by atoms with E-state index in [1.54, 1.807) is 7.11 Å². The largest absolute Gasteiger partial charge is 0.496 e. The predicted octanol–water partition coefficient (Wildman–Crippen LogP) is 1.57. The number of rotatable bonds is 4. The molecule has 2 N–H and O–H groups in total. The highest BCUT2D eigenvalue weighted by Gasteiger charge is 2.08. The first kappa shape index (κ1) is 12.0. The summed E-state index contributed by atoms with van der Waals surface area (Å²) in [4.78, 5) is 2.09. The molecule has 0 bridgehead atoms. The van der Waals surface area contributed by atoms with Crippen LogP contribution in [-0.2, 0) is 0 Å². The van der Waals surface area contributed by atoms with Crippen LogP contribution in [-0.4, -0.2) is 32.6 Å². The average molecular weight is 208 g/mol. The summed E-state index contributed by atoms with van der Waals surface area (Å²) < 4.78 is 5.21. The fourth-order valence-electron chi connectivity index (χ4n) is 1.63. The minimum atomic E-state index is 0.0598. The molecule has 1 atom stereocenters. The zero-order valence-corrected chi connectivity index (χ0v) is 9.95. The standard InChI is InChI=1S/C12H20N2O/c1-9-7-10(5-6-12(9)15-4)11(13)8-14(2)3/h5-7,11H,8,13H2,1-4H3. The van der Waals surface area contributed by atoms with E-state index in [-0.39, 0.29) is 6.04 Å². The van der Waals surface area contributed by atoms with E-state index in [0.717, 1.165) is 23.4 Å². The molecule has 0 saturated heterocycles. The quantitative estimate of drug-likeness (QED) is 0.816. The highest BCUT2D eigenvalue weighted by Crippen LogP contribution is 2.21. The van der Waals surface area contributed by atoms with Crippen molar-refractivity contribution in [1.29, 1.82) is 0 Å². The van der Waals surface area contributed by atoms with Gasteiger partial charge in [-0.1, -0.05) is 12.1 Å². The minimum Gasteiger partial charge on any atom is -0.496 e. The maximum absolute atomic E-state index is 6.07. The van der Waals surface area contributed by atoms with Crippen LogP contribution in [0.1, 0.15) is 17.2 Å². The van der Waals surface area contributed by atoms with Crippen molar-refractivity contribution in [2.75, 3.05) is 27.7 Å². The van der Waals surface area contributed by atoms with Crippen molar-refractivity contribution in [3.8, 4) is 5.75 Å². The van der Waals surface area contributed by atoms with Crippen LogP contribution in [0.25, 0.3) is 0 Å². The Balaban J connectivity index is 2.82. The van der Waals surface area contributed by atoms with Gasteiger partial charge in [-0.3, -0.25) is 0 Å². The first-order valence-corrected chi connectivity index (χ1v) is 5.09. The molecule has 1 rings (SSSR count). The normalized spacial score (nSPS) is 12.9. The maximum Gasteiger partial charge on any atom is 0.121 e. The molecule has 1 aromatic rings. The van der Waals surface area contributed by atoms with Crippen molar-refractivity contribution in [3.63, 3.8) is 0 Å². The van der Waals surface area contributed by atoms with Gasteiger partial charge in [0, 0.05) is 12.6 Å². The van der Waals surface area contributed by atoms with Crippen LogP contribution in [0.5, 0.6) is 5.75 Å². The van der Waals surface area contributed by atoms with Gasteiger partial charge in [0.25, 0.3) is 0 Å². The monoisotopic (exact) mass is 208 g/mol. The summed E-state index contributed by atoms with van der Waals surface area (Å²) >= 11 is 0. The Bertz CT molecular complexity index is 323. The zero-order chi connectivity index (χ0) is 11.4. The molecule has 0 spiro atoms. The molecule has 15 heavy (non-hydrogen) atoms. The van der Waals surface area contributed by atoms with E-state index in [9.17, 15) is 0 Å². The molecule has 84 valence electrons. The topological polar surface area (TPSA) is 38.5 Å². The molecule has 0 heterocycles. The molecular formula is C12H20N2O. The van der Waals surface area contributed by atoms with Crippen LogP contribution in [0.15, 0.2) is 18.2 Å². The first-order chi connectivity index (χ1) is 7.04. The summed E-state index contributed by atoms with van der Waals surface area (Å²) in [6, 6.07) is 6.15. The molecule has 3 heteroatoms. The Labute approximate surface area is 91.8 Å². The lowest BCUT2D eigenvalue weighted by atomic mass is 10.0. The number of benzene rings is 1. The molecule has 0 aromatic heterocycles. The lowest BCUT2D eigenvalue weighted by Crippen LogP contribution is -2.26. The molecule has 1 unspecified atom stereocenters. The third-order valence-corrected chi connectivity index (χ3v) is 2.41. The Morgan fingerprint density at radius 2 is 2.07 bits per heavy atom. The molecule has 0 aliphatic carbocycles. The van der Waals surface area contributed by atoms with E-state index in [1.807, 2.05) is 33.2 Å². The highest BCUT2D eigenvalue weighted by atomic mass is 16.5. The summed E-state index contributed by atoms with van der Waals surface area (Å²) in [5.74, 6) is 0.913. The number of likely N-dealkylation sites (N-methyl/N-ethyl adjacent to an activating group) is 1. The smallest absolute Gasteiger partial charge is 0.121 e. The van der Waals surface area contributed by atoms with Crippen molar-refractivity contribution >= 4 is 0 Å². The molecule has 0 amide bonds. The van der Waals surface area contributed by atoms with Crippen LogP contribution >= 0.6 is 0 Å². The van der Waals surface area contributed by atoms with Gasteiger partial charge in [0.2, 0.25) is 0 Å². The molecule has 0 aliphatic rings. The van der Waals surface area contributed by atoms with Gasteiger partial charge >= 0.3 is 0 Å². The lowest BCUT2D eigenvalue weighted by molar-refractivity contribution is 0.376. The molecule has 0 aliphatic heterocycles. The van der Waals surface area contributed by atoms with Crippen molar-refractivity contribution in [3.05, 3.63) is 29.3 Å². The Morgan fingerprint density at radius 3 is 2.53 bits per heavy atom. The van der Waals surface area contributed by atoms with Gasteiger partial charge in [0.05, 0.1) is 7.11 Å². The number of methoxy groups -OCH3 is 1. The van der Waals surface area contributed by atoms with Crippen LogP contribution in [0.3, 0.4) is 0 Å². The van der Waals surface area contributed by atoms with Gasteiger partial charge in [0.15, 0.2) is 0 Å². The average Bonchev–Trinajstić information content (AvgIpc) is 2.16. The molecule has 0 saturated carbocycles. The third kappa shape index (κ3) is 3.22. The molecule has 0 radical (unpaired) electrons. The van der Waals surface area contributed by atoms with Crippen LogP contribution < -0.4 is 10.5 Å². The predicted molar refractivity (Wildman–Crippen MR) is 63.2 cm³/mol. The Hall–Kier alpha value is -1.06. The second kappa shape index (κ2) is 5.14. The van der Waals surface area contributed by atoms with Crippen molar-refractivity contribution < 1.29 is 4.74 Å².